The fourth-order valence-electron chi connectivity index (χ4n) is 4.21. The van der Waals surface area contributed by atoms with Gasteiger partial charge in [0.25, 0.3) is 0 Å². The van der Waals surface area contributed by atoms with Crippen LogP contribution in [0.1, 0.15) is 50.5 Å². The quantitative estimate of drug-likeness (QED) is 0.675. The van der Waals surface area contributed by atoms with Gasteiger partial charge in [-0.15, -0.1) is 11.8 Å². The van der Waals surface area contributed by atoms with Crippen LogP contribution < -0.4 is 5.32 Å². The van der Waals surface area contributed by atoms with Gasteiger partial charge in [-0.2, -0.15) is 0 Å². The van der Waals surface area contributed by atoms with Gasteiger partial charge in [-0.3, -0.25) is 9.59 Å². The Kier molecular flexibility index (Phi) is 7.41. The highest BCUT2D eigenvalue weighted by Crippen LogP contribution is 2.30. The summed E-state index contributed by atoms with van der Waals surface area (Å²) < 4.78 is 5.76. The molecule has 0 aromatic heterocycles. The third kappa shape index (κ3) is 5.74. The van der Waals surface area contributed by atoms with Gasteiger partial charge in [-0.1, -0.05) is 12.1 Å². The number of nitrogens with zero attached hydrogens (tertiary/aromatic N) is 1. The average Bonchev–Trinajstić information content (AvgIpc) is 3.08. The Bertz CT molecular complexity index is 673. The van der Waals surface area contributed by atoms with Crippen LogP contribution in [0.25, 0.3) is 0 Å². The van der Waals surface area contributed by atoms with Gasteiger partial charge in [0.2, 0.25) is 11.8 Å². The van der Waals surface area contributed by atoms with Gasteiger partial charge in [0.15, 0.2) is 0 Å². The number of ether oxygens (including phenoxy) is 1. The van der Waals surface area contributed by atoms with Gasteiger partial charge >= 0.3 is 0 Å². The summed E-state index contributed by atoms with van der Waals surface area (Å²) in [6, 6.07) is 8.50. The van der Waals surface area contributed by atoms with Crippen molar-refractivity contribution < 1.29 is 14.3 Å². The van der Waals surface area contributed by atoms with Crippen molar-refractivity contribution in [2.24, 2.45) is 0 Å². The summed E-state index contributed by atoms with van der Waals surface area (Å²) in [6.07, 6.45) is 8.79. The minimum atomic E-state index is -0.310. The molecule has 2 aliphatic heterocycles. The molecule has 6 heteroatoms. The third-order valence-electron chi connectivity index (χ3n) is 5.93. The average molecular weight is 405 g/mol. The molecule has 2 amide bonds. The lowest BCUT2D eigenvalue weighted by molar-refractivity contribution is -0.133. The van der Waals surface area contributed by atoms with E-state index in [9.17, 15) is 9.59 Å². The summed E-state index contributed by atoms with van der Waals surface area (Å²) in [7, 11) is 1.86. The van der Waals surface area contributed by atoms with E-state index in [1.807, 2.05) is 7.05 Å². The van der Waals surface area contributed by atoms with E-state index < -0.39 is 0 Å². The molecule has 0 aliphatic carbocycles. The van der Waals surface area contributed by atoms with E-state index in [1.165, 1.54) is 16.9 Å². The van der Waals surface area contributed by atoms with Crippen molar-refractivity contribution in [2.45, 2.75) is 67.9 Å². The van der Waals surface area contributed by atoms with Crippen LogP contribution in [0.4, 0.5) is 0 Å². The zero-order valence-corrected chi connectivity index (χ0v) is 17.9. The van der Waals surface area contributed by atoms with Crippen molar-refractivity contribution in [3.8, 4) is 0 Å². The SMILES string of the molecule is CSc1ccc(C[C@@]2(CCC(=O)N(C)C[C@@H]3CCCCO3)CCC(=O)N2)cc1. The molecular formula is C22H32N2O3S. The molecule has 2 fully saturated rings. The van der Waals surface area contributed by atoms with Gasteiger partial charge in [0.05, 0.1) is 6.10 Å². The smallest absolute Gasteiger partial charge is 0.222 e. The normalized spacial score (nSPS) is 24.8. The predicted molar refractivity (Wildman–Crippen MR) is 112 cm³/mol. The summed E-state index contributed by atoms with van der Waals surface area (Å²) in [6.45, 7) is 1.46. The predicted octanol–water partition coefficient (Wildman–Crippen LogP) is 3.41. The number of thioether (sulfide) groups is 1. The van der Waals surface area contributed by atoms with Crippen molar-refractivity contribution in [3.63, 3.8) is 0 Å². The van der Waals surface area contributed by atoms with Crippen LogP contribution in [0, 0.1) is 0 Å². The molecule has 0 radical (unpaired) electrons. The molecule has 1 aromatic rings. The van der Waals surface area contributed by atoms with Crippen molar-refractivity contribution >= 4 is 23.6 Å². The van der Waals surface area contributed by atoms with E-state index in [2.05, 4.69) is 35.8 Å². The monoisotopic (exact) mass is 404 g/mol. The topological polar surface area (TPSA) is 58.6 Å². The van der Waals surface area contributed by atoms with Gasteiger partial charge in [0.1, 0.15) is 0 Å². The zero-order chi connectivity index (χ0) is 20.0. The molecule has 0 bridgehead atoms. The lowest BCUT2D eigenvalue weighted by Crippen LogP contribution is -2.45. The van der Waals surface area contributed by atoms with Gasteiger partial charge in [-0.25, -0.2) is 0 Å². The van der Waals surface area contributed by atoms with E-state index in [0.717, 1.165) is 32.3 Å². The first-order chi connectivity index (χ1) is 13.5. The minimum absolute atomic E-state index is 0.0946. The lowest BCUT2D eigenvalue weighted by atomic mass is 9.85. The van der Waals surface area contributed by atoms with Crippen molar-refractivity contribution in [3.05, 3.63) is 29.8 Å². The van der Waals surface area contributed by atoms with Crippen LogP contribution in [0.2, 0.25) is 0 Å². The minimum Gasteiger partial charge on any atom is -0.376 e. The first kappa shape index (κ1) is 21.2. The lowest BCUT2D eigenvalue weighted by Gasteiger charge is -2.31. The van der Waals surface area contributed by atoms with Crippen LogP contribution in [0.3, 0.4) is 0 Å². The molecule has 1 aromatic carbocycles. The molecule has 2 aliphatic rings. The highest BCUT2D eigenvalue weighted by molar-refractivity contribution is 7.98. The molecule has 28 heavy (non-hydrogen) atoms. The van der Waals surface area contributed by atoms with Crippen LogP contribution >= 0.6 is 11.8 Å². The Morgan fingerprint density at radius 2 is 2.11 bits per heavy atom. The maximum absolute atomic E-state index is 12.7. The molecule has 2 atom stereocenters. The van der Waals surface area contributed by atoms with Crippen molar-refractivity contribution in [1.82, 2.24) is 10.2 Å². The van der Waals surface area contributed by atoms with Crippen molar-refractivity contribution in [1.29, 1.82) is 0 Å². The van der Waals surface area contributed by atoms with E-state index in [1.54, 1.807) is 16.7 Å². The second kappa shape index (κ2) is 9.79. The van der Waals surface area contributed by atoms with Crippen molar-refractivity contribution in [2.75, 3.05) is 26.5 Å². The van der Waals surface area contributed by atoms with E-state index in [-0.39, 0.29) is 23.5 Å². The van der Waals surface area contributed by atoms with Gasteiger partial charge in [0, 0.05) is 43.5 Å². The molecule has 0 saturated carbocycles. The van der Waals surface area contributed by atoms with Crippen LogP contribution in [-0.4, -0.2) is 54.8 Å². The highest BCUT2D eigenvalue weighted by Gasteiger charge is 2.38. The number of carbonyl (C=O) groups is 2. The summed E-state index contributed by atoms with van der Waals surface area (Å²) in [4.78, 5) is 27.7. The Hall–Kier alpha value is -1.53. The number of nitrogens with one attached hydrogen (secondary N) is 1. The maximum Gasteiger partial charge on any atom is 0.222 e. The molecular weight excluding hydrogens is 372 g/mol. The van der Waals surface area contributed by atoms with E-state index in [0.29, 0.717) is 25.8 Å². The number of hydrogen-bond donors (Lipinski definition) is 1. The van der Waals surface area contributed by atoms with E-state index >= 15 is 0 Å². The largest absolute Gasteiger partial charge is 0.376 e. The maximum atomic E-state index is 12.7. The number of likely N-dealkylation sites (N-methyl/N-ethyl adjacent to an activating group) is 1. The molecule has 1 N–H and O–H groups in total. The highest BCUT2D eigenvalue weighted by atomic mass is 32.2. The van der Waals surface area contributed by atoms with Gasteiger partial charge < -0.3 is 15.0 Å². The number of hydrogen-bond acceptors (Lipinski definition) is 4. The number of amides is 2. The molecule has 3 rings (SSSR count). The summed E-state index contributed by atoms with van der Waals surface area (Å²) in [5, 5.41) is 3.18. The molecule has 154 valence electrons. The van der Waals surface area contributed by atoms with Crippen LogP contribution in [0.5, 0.6) is 0 Å². The number of carbonyl (C=O) groups excluding carboxylic acids is 2. The second-order valence-corrected chi connectivity index (χ2v) is 9.00. The first-order valence-corrected chi connectivity index (χ1v) is 11.5. The Labute approximate surface area is 172 Å². The third-order valence-corrected chi connectivity index (χ3v) is 6.67. The van der Waals surface area contributed by atoms with Gasteiger partial charge in [-0.05, 0) is 62.5 Å². The standard InChI is InChI=1S/C22H32N2O3S/c1-24(16-18-5-3-4-14-27-18)21(26)11-13-22(12-10-20(25)23-22)15-17-6-8-19(28-2)9-7-17/h6-9,18H,3-5,10-16H2,1-2H3,(H,23,25)/t18-,22-/m0/s1. The van der Waals surface area contributed by atoms with Crippen LogP contribution in [-0.2, 0) is 20.7 Å². The first-order valence-electron chi connectivity index (χ1n) is 10.3. The summed E-state index contributed by atoms with van der Waals surface area (Å²) in [5.74, 6) is 0.226. The zero-order valence-electron chi connectivity index (χ0n) is 17.0. The second-order valence-electron chi connectivity index (χ2n) is 8.12. The fourth-order valence-corrected chi connectivity index (χ4v) is 4.62. The molecule has 0 unspecified atom stereocenters. The Balaban J connectivity index is 1.57. The van der Waals surface area contributed by atoms with Crippen LogP contribution in [0.15, 0.2) is 29.2 Å². The number of rotatable bonds is 8. The summed E-state index contributed by atoms with van der Waals surface area (Å²) >= 11 is 1.72. The molecule has 0 spiro atoms. The molecule has 2 saturated heterocycles. The fraction of sp³-hybridized carbons (Fsp3) is 0.636. The Morgan fingerprint density at radius 1 is 1.32 bits per heavy atom. The number of benzene rings is 1. The molecule has 5 nitrogen and oxygen atoms in total. The van der Waals surface area contributed by atoms with E-state index in [4.69, 9.17) is 4.74 Å². The molecule has 2 heterocycles. The summed E-state index contributed by atoms with van der Waals surface area (Å²) in [5.41, 5.74) is 0.895. The Morgan fingerprint density at radius 3 is 2.71 bits per heavy atom.